The van der Waals surface area contributed by atoms with Gasteiger partial charge >= 0.3 is 0 Å². The Hall–Kier alpha value is -0.150. The van der Waals surface area contributed by atoms with Crippen LogP contribution in [0.5, 0.6) is 0 Å². The Morgan fingerprint density at radius 1 is 1.89 bits per heavy atom. The van der Waals surface area contributed by atoms with Crippen molar-refractivity contribution in [2.75, 3.05) is 5.21 Å². The number of alkyl halides is 1. The predicted molar refractivity (Wildman–Crippen MR) is 39.8 cm³/mol. The number of hydrogen-bond acceptors (Lipinski definition) is 2. The summed E-state index contributed by atoms with van der Waals surface area (Å²) in [6, 6.07) is 0. The molecule has 4 heteroatoms. The van der Waals surface area contributed by atoms with Gasteiger partial charge in [-0.15, -0.1) is 11.6 Å². The minimum absolute atomic E-state index is 0.560. The van der Waals surface area contributed by atoms with Gasteiger partial charge in [0.15, 0.2) is 5.16 Å². The molecule has 2 nitrogen and oxygen atoms in total. The van der Waals surface area contributed by atoms with Crippen LogP contribution in [0, 0.1) is 0 Å². The van der Waals surface area contributed by atoms with E-state index < -0.39 is 0 Å². The zero-order chi connectivity index (χ0) is 6.69. The number of imidazole rings is 1. The number of rotatable bonds is 2. The molecule has 9 heavy (non-hydrogen) atoms. The molecule has 0 unspecified atom stereocenters. The standard InChI is InChI=1S/C5H7ClN2S/c1-8-3-2-7-5(8)9-4-6/h2-3H,4H2,1H3. The summed E-state index contributed by atoms with van der Waals surface area (Å²) in [5.74, 6) is 0. The molecule has 50 valence electrons. The van der Waals surface area contributed by atoms with Gasteiger partial charge in [-0.1, -0.05) is 11.8 Å². The van der Waals surface area contributed by atoms with Gasteiger partial charge < -0.3 is 4.57 Å². The van der Waals surface area contributed by atoms with Crippen molar-refractivity contribution in [2.45, 2.75) is 5.16 Å². The first-order valence-electron chi connectivity index (χ1n) is 2.50. The lowest BCUT2D eigenvalue weighted by atomic mass is 10.9. The highest BCUT2D eigenvalue weighted by Crippen LogP contribution is 2.14. The van der Waals surface area contributed by atoms with Crippen LogP contribution in [0.4, 0.5) is 0 Å². The van der Waals surface area contributed by atoms with E-state index in [1.807, 2.05) is 17.8 Å². The third-order valence-electron chi connectivity index (χ3n) is 0.961. The highest BCUT2D eigenvalue weighted by Gasteiger charge is 1.95. The van der Waals surface area contributed by atoms with Crippen LogP contribution in [0.2, 0.25) is 0 Å². The molecule has 0 radical (unpaired) electrons. The molecule has 1 heterocycles. The van der Waals surface area contributed by atoms with E-state index in [2.05, 4.69) is 4.98 Å². The molecule has 0 bridgehead atoms. The molecule has 0 aromatic carbocycles. The maximum atomic E-state index is 5.47. The van der Waals surface area contributed by atoms with E-state index in [-0.39, 0.29) is 0 Å². The molecule has 0 N–H and O–H groups in total. The molecule has 0 atom stereocenters. The summed E-state index contributed by atoms with van der Waals surface area (Å²) in [6.45, 7) is 0. The summed E-state index contributed by atoms with van der Waals surface area (Å²) < 4.78 is 1.94. The largest absolute Gasteiger partial charge is 0.329 e. The second kappa shape index (κ2) is 3.13. The topological polar surface area (TPSA) is 17.8 Å². The number of thioether (sulfide) groups is 1. The first kappa shape index (κ1) is 6.96. The number of hydrogen-bond donors (Lipinski definition) is 0. The van der Waals surface area contributed by atoms with Gasteiger partial charge in [0.2, 0.25) is 0 Å². The fourth-order valence-corrected chi connectivity index (χ4v) is 1.33. The third-order valence-corrected chi connectivity index (χ3v) is 2.05. The second-order valence-corrected chi connectivity index (χ2v) is 3.10. The number of nitrogens with zero attached hydrogens (tertiary/aromatic N) is 2. The zero-order valence-electron chi connectivity index (χ0n) is 5.04. The molecule has 0 aliphatic rings. The minimum Gasteiger partial charge on any atom is -0.329 e. The van der Waals surface area contributed by atoms with Crippen LogP contribution < -0.4 is 0 Å². The summed E-state index contributed by atoms with van der Waals surface area (Å²) >= 11 is 7.00. The Bertz CT molecular complexity index is 187. The van der Waals surface area contributed by atoms with Crippen molar-refractivity contribution in [3.8, 4) is 0 Å². The van der Waals surface area contributed by atoms with Crippen LogP contribution in [0.15, 0.2) is 17.6 Å². The van der Waals surface area contributed by atoms with E-state index in [0.29, 0.717) is 5.21 Å². The molecule has 1 aromatic heterocycles. The molecular formula is C5H7ClN2S. The van der Waals surface area contributed by atoms with Crippen molar-refractivity contribution >= 4 is 23.4 Å². The van der Waals surface area contributed by atoms with E-state index in [1.54, 1.807) is 6.20 Å². The fourth-order valence-electron chi connectivity index (χ4n) is 0.540. The van der Waals surface area contributed by atoms with Gasteiger partial charge in [0.05, 0.1) is 5.21 Å². The number of aryl methyl sites for hydroxylation is 1. The van der Waals surface area contributed by atoms with E-state index >= 15 is 0 Å². The predicted octanol–water partition coefficient (Wildman–Crippen LogP) is 1.71. The molecule has 1 rings (SSSR count). The van der Waals surface area contributed by atoms with Crippen LogP contribution in [0.3, 0.4) is 0 Å². The Morgan fingerprint density at radius 2 is 2.67 bits per heavy atom. The lowest BCUT2D eigenvalue weighted by Crippen LogP contribution is -1.87. The van der Waals surface area contributed by atoms with Crippen molar-refractivity contribution in [1.82, 2.24) is 9.55 Å². The van der Waals surface area contributed by atoms with E-state index in [0.717, 1.165) is 5.16 Å². The van der Waals surface area contributed by atoms with Crippen molar-refractivity contribution in [2.24, 2.45) is 7.05 Å². The van der Waals surface area contributed by atoms with Gasteiger partial charge in [-0.3, -0.25) is 0 Å². The smallest absolute Gasteiger partial charge is 0.168 e. The maximum absolute atomic E-state index is 5.47. The van der Waals surface area contributed by atoms with Crippen LogP contribution >= 0.6 is 23.4 Å². The van der Waals surface area contributed by atoms with Crippen molar-refractivity contribution in [3.63, 3.8) is 0 Å². The molecule has 0 saturated carbocycles. The monoisotopic (exact) mass is 162 g/mol. The van der Waals surface area contributed by atoms with Gasteiger partial charge in [0, 0.05) is 19.4 Å². The van der Waals surface area contributed by atoms with Gasteiger partial charge in [0.1, 0.15) is 0 Å². The minimum atomic E-state index is 0.560. The molecule has 1 aromatic rings. The average Bonchev–Trinajstić information content (AvgIpc) is 2.18. The fraction of sp³-hybridized carbons (Fsp3) is 0.400. The van der Waals surface area contributed by atoms with Crippen LogP contribution in [-0.4, -0.2) is 14.8 Å². The highest BCUT2D eigenvalue weighted by molar-refractivity contribution is 8.00. The Labute approximate surface area is 63.2 Å². The van der Waals surface area contributed by atoms with E-state index in [1.165, 1.54) is 11.8 Å². The quantitative estimate of drug-likeness (QED) is 0.487. The molecule has 0 spiro atoms. The van der Waals surface area contributed by atoms with Crippen LogP contribution in [0.25, 0.3) is 0 Å². The average molecular weight is 163 g/mol. The number of halogens is 1. The lowest BCUT2D eigenvalue weighted by molar-refractivity contribution is 0.791. The highest BCUT2D eigenvalue weighted by atomic mass is 35.5. The normalized spacial score (nSPS) is 10.0. The van der Waals surface area contributed by atoms with Gasteiger partial charge in [-0.2, -0.15) is 0 Å². The van der Waals surface area contributed by atoms with E-state index in [9.17, 15) is 0 Å². The third kappa shape index (κ3) is 1.63. The molecule has 0 amide bonds. The zero-order valence-corrected chi connectivity index (χ0v) is 6.61. The lowest BCUT2D eigenvalue weighted by Gasteiger charge is -1.94. The Morgan fingerprint density at radius 3 is 3.11 bits per heavy atom. The summed E-state index contributed by atoms with van der Waals surface area (Å²) in [6.07, 6.45) is 3.66. The van der Waals surface area contributed by atoms with Crippen molar-refractivity contribution in [3.05, 3.63) is 12.4 Å². The second-order valence-electron chi connectivity index (χ2n) is 1.57. The van der Waals surface area contributed by atoms with Gasteiger partial charge in [-0.25, -0.2) is 4.98 Å². The number of aromatic nitrogens is 2. The summed E-state index contributed by atoms with van der Waals surface area (Å²) in [5, 5.41) is 1.52. The van der Waals surface area contributed by atoms with Crippen LogP contribution in [-0.2, 0) is 7.05 Å². The molecule has 0 fully saturated rings. The Balaban J connectivity index is 2.69. The molecule has 0 aliphatic heterocycles. The maximum Gasteiger partial charge on any atom is 0.168 e. The summed E-state index contributed by atoms with van der Waals surface area (Å²) in [7, 11) is 1.95. The van der Waals surface area contributed by atoms with Gasteiger partial charge in [0.25, 0.3) is 0 Å². The first-order valence-corrected chi connectivity index (χ1v) is 4.02. The molecular weight excluding hydrogens is 156 g/mol. The van der Waals surface area contributed by atoms with Crippen molar-refractivity contribution in [1.29, 1.82) is 0 Å². The van der Waals surface area contributed by atoms with Crippen molar-refractivity contribution < 1.29 is 0 Å². The molecule has 0 saturated heterocycles. The van der Waals surface area contributed by atoms with Gasteiger partial charge in [-0.05, 0) is 0 Å². The summed E-state index contributed by atoms with van der Waals surface area (Å²) in [5.41, 5.74) is 0. The van der Waals surface area contributed by atoms with E-state index in [4.69, 9.17) is 11.6 Å². The Kier molecular flexibility index (Phi) is 2.42. The van der Waals surface area contributed by atoms with Crippen LogP contribution in [0.1, 0.15) is 0 Å². The first-order chi connectivity index (χ1) is 4.34. The molecule has 0 aliphatic carbocycles. The summed E-state index contributed by atoms with van der Waals surface area (Å²) in [4.78, 5) is 4.05. The SMILES string of the molecule is Cn1ccnc1SCCl.